The van der Waals surface area contributed by atoms with Gasteiger partial charge in [-0.25, -0.2) is 79.6 Å². The van der Waals surface area contributed by atoms with Crippen LogP contribution in [0.15, 0.2) is 269 Å². The van der Waals surface area contributed by atoms with Gasteiger partial charge in [0.25, 0.3) is 0 Å². The molecular weight excluding hydrogens is 1830 g/mol. The number of nitrogens with one attached hydrogen (secondary N) is 6. The summed E-state index contributed by atoms with van der Waals surface area (Å²) in [6.45, 7) is 14.6. The highest BCUT2D eigenvalue weighted by atomic mass is 16.5. The summed E-state index contributed by atoms with van der Waals surface area (Å²) in [5.74, 6) is 7.14. The predicted molar refractivity (Wildman–Crippen MR) is 550 cm³/mol. The lowest BCUT2D eigenvalue weighted by atomic mass is 10.1. The first kappa shape index (κ1) is 98.5. The molecule has 8 aromatic heterocycles. The number of carbonyl (C=O) groups is 1. The molecule has 5 aliphatic heterocycles. The number of aliphatic hydroxyl groups is 5. The van der Waals surface area contributed by atoms with Crippen molar-refractivity contribution in [2.45, 2.75) is 31.5 Å². The molecule has 7 aromatic carbocycles. The van der Waals surface area contributed by atoms with Gasteiger partial charge in [-0.1, -0.05) is 115 Å². The number of benzene rings is 7. The summed E-state index contributed by atoms with van der Waals surface area (Å²) in [6.07, 6.45) is 19.8. The Bertz CT molecular complexity index is 6320. The number of amides is 2. The normalized spacial score (nSPS) is 14.6. The third-order valence-corrected chi connectivity index (χ3v) is 24.1. The molecule has 736 valence electrons. The molecule has 5 fully saturated rings. The summed E-state index contributed by atoms with van der Waals surface area (Å²) in [6, 6.07) is 65.8. The lowest BCUT2D eigenvalue weighted by Crippen LogP contribution is -2.50. The summed E-state index contributed by atoms with van der Waals surface area (Å²) < 4.78 is 5.42. The van der Waals surface area contributed by atoms with Gasteiger partial charge < -0.3 is 106 Å². The number of aromatic nitrogens is 19. The van der Waals surface area contributed by atoms with Crippen LogP contribution in [0.3, 0.4) is 0 Å². The Kier molecular flexibility index (Phi) is 34.3. The minimum absolute atomic E-state index is 0.0532. The lowest BCUT2D eigenvalue weighted by Gasteiger charge is -2.34. The highest BCUT2D eigenvalue weighted by Gasteiger charge is 2.28. The van der Waals surface area contributed by atoms with Gasteiger partial charge in [0.2, 0.25) is 65.4 Å². The van der Waals surface area contributed by atoms with E-state index in [9.17, 15) is 15.0 Å². The molecule has 5 aliphatic rings. The van der Waals surface area contributed by atoms with Crippen molar-refractivity contribution in [2.75, 3.05) is 228 Å². The van der Waals surface area contributed by atoms with Crippen LogP contribution < -0.4 is 71.1 Å². The number of carbonyl (C=O) groups excluding carboxylic acids is 1. The average molecular weight is 1940 g/mol. The van der Waals surface area contributed by atoms with Crippen LogP contribution in [-0.4, -0.2) is 289 Å². The Hall–Kier alpha value is -17.1. The summed E-state index contributed by atoms with van der Waals surface area (Å²) >= 11 is 0. The first-order chi connectivity index (χ1) is 70.8. The van der Waals surface area contributed by atoms with E-state index in [1.165, 1.54) is 47.7 Å². The van der Waals surface area contributed by atoms with Crippen molar-refractivity contribution in [3.63, 3.8) is 0 Å². The van der Waals surface area contributed by atoms with Gasteiger partial charge in [-0.05, 0) is 129 Å². The lowest BCUT2D eigenvalue weighted by molar-refractivity contribution is 0.0956. The summed E-state index contributed by atoms with van der Waals surface area (Å²) in [5, 5.41) is 74.1. The monoisotopic (exact) mass is 1940 g/mol. The van der Waals surface area contributed by atoms with Crippen molar-refractivity contribution in [1.29, 1.82) is 5.26 Å². The molecular formula is C102H111N35O7. The quantitative estimate of drug-likeness (QED) is 0.0199. The topological polar surface area (TPSA) is 497 Å². The molecule has 42 heteroatoms. The minimum Gasteiger partial charge on any atom is -0.395 e. The third kappa shape index (κ3) is 28.2. The number of anilines is 18. The second-order valence-corrected chi connectivity index (χ2v) is 34.0. The minimum atomic E-state index is -0.890. The smallest absolute Gasteiger partial charge is 0.321 e. The van der Waals surface area contributed by atoms with Crippen LogP contribution in [0.25, 0.3) is 0 Å². The van der Waals surface area contributed by atoms with Gasteiger partial charge in [0, 0.05) is 209 Å². The average Bonchev–Trinajstić information content (AvgIpc) is 0.835. The zero-order chi connectivity index (χ0) is 98.8. The molecule has 0 bridgehead atoms. The number of hydrogen-bond donors (Lipinski definition) is 11. The maximum Gasteiger partial charge on any atom is 0.321 e. The van der Waals surface area contributed by atoms with Crippen molar-refractivity contribution < 1.29 is 35.1 Å². The zero-order valence-corrected chi connectivity index (χ0v) is 79.2. The van der Waals surface area contributed by atoms with Crippen LogP contribution in [0, 0.1) is 11.3 Å². The number of piperazine rings is 4. The second-order valence-electron chi connectivity index (χ2n) is 34.0. The van der Waals surface area contributed by atoms with E-state index in [2.05, 4.69) is 215 Å². The summed E-state index contributed by atoms with van der Waals surface area (Å²) in [7, 11) is 0. The molecule has 0 aliphatic carbocycles. The number of aliphatic hydroxyl groups excluding tert-OH is 5. The predicted octanol–water partition coefficient (Wildman–Crippen LogP) is 9.50. The molecule has 2 atom stereocenters. The maximum absolute atomic E-state index is 12.6. The second kappa shape index (κ2) is 50.1. The van der Waals surface area contributed by atoms with Gasteiger partial charge in [-0.3, -0.25) is 0 Å². The number of pyridine rings is 1. The van der Waals surface area contributed by atoms with E-state index in [-0.39, 0.29) is 25.9 Å². The SMILES string of the molecule is N#Cc1ccc(NC(=O)N2CCN(c3ncnc(Nc4ccc(N5CCOCC5)cc4)n3)CC2)cc1.OCCNc1ccc(Nc2ncnc(N3CCN(c4ncc(Cc5ccccc5)cn4)CC3)n2)cn1.OC[C@@H](O)c1ccc(Nc2ncnc(N3CCN(c4ncc(Cc5ccccc5)cn4)CC3)n2)cc1.OC[C@H](O)c1ccc(Nc2ncnc(N3CCN(c4ncc(Cc5ccccc5)cn4)CC3)n2)cc1. The van der Waals surface area contributed by atoms with Gasteiger partial charge in [-0.15, -0.1) is 0 Å². The Morgan fingerprint density at radius 3 is 0.972 bits per heavy atom. The molecule has 20 rings (SSSR count). The van der Waals surface area contributed by atoms with E-state index in [1.807, 2.05) is 145 Å². The van der Waals surface area contributed by atoms with Gasteiger partial charge in [-0.2, -0.15) is 25.2 Å². The van der Waals surface area contributed by atoms with Crippen LogP contribution in [0.2, 0.25) is 0 Å². The number of nitriles is 1. The fourth-order valence-electron chi connectivity index (χ4n) is 16.2. The first-order valence-electron chi connectivity index (χ1n) is 47.5. The highest BCUT2D eigenvalue weighted by Crippen LogP contribution is 2.29. The molecule has 144 heavy (non-hydrogen) atoms. The number of nitrogens with zero attached hydrogens (tertiary/aromatic N) is 29. The number of urea groups is 1. The Balaban J connectivity index is 0.000000132. The molecule has 0 spiro atoms. The Morgan fingerprint density at radius 2 is 0.646 bits per heavy atom. The number of morpholine rings is 1. The molecule has 13 heterocycles. The van der Waals surface area contributed by atoms with Crippen LogP contribution in [0.5, 0.6) is 0 Å². The van der Waals surface area contributed by atoms with Crippen LogP contribution in [-0.2, 0) is 24.0 Å². The van der Waals surface area contributed by atoms with E-state index in [4.69, 9.17) is 25.3 Å². The molecule has 42 nitrogen and oxygen atoms in total. The number of rotatable bonds is 30. The van der Waals surface area contributed by atoms with E-state index in [0.717, 1.165) is 181 Å². The molecule has 2 amide bonds. The van der Waals surface area contributed by atoms with Crippen molar-refractivity contribution in [3.8, 4) is 6.07 Å². The maximum atomic E-state index is 12.6. The van der Waals surface area contributed by atoms with Crippen molar-refractivity contribution in [2.24, 2.45) is 0 Å². The number of ether oxygens (including phenoxy) is 1. The molecule has 0 unspecified atom stereocenters. The molecule has 0 radical (unpaired) electrons. The third-order valence-electron chi connectivity index (χ3n) is 24.1. The summed E-state index contributed by atoms with van der Waals surface area (Å²) in [4.78, 5) is 116. The number of hydrogen-bond acceptors (Lipinski definition) is 40. The van der Waals surface area contributed by atoms with E-state index >= 15 is 0 Å². The fourth-order valence-corrected chi connectivity index (χ4v) is 16.2. The van der Waals surface area contributed by atoms with Crippen LogP contribution in [0.1, 0.15) is 62.3 Å². The molecule has 11 N–H and O–H groups in total. The Labute approximate surface area is 831 Å². The van der Waals surface area contributed by atoms with Crippen LogP contribution >= 0.6 is 0 Å². The largest absolute Gasteiger partial charge is 0.395 e. The van der Waals surface area contributed by atoms with Gasteiger partial charge in [0.05, 0.1) is 56.6 Å². The van der Waals surface area contributed by atoms with Crippen molar-refractivity contribution in [3.05, 3.63) is 319 Å². The van der Waals surface area contributed by atoms with E-state index < -0.39 is 12.2 Å². The molecule has 5 saturated heterocycles. The summed E-state index contributed by atoms with van der Waals surface area (Å²) in [5.41, 5.74) is 13.9. The Morgan fingerprint density at radius 1 is 0.326 bits per heavy atom. The molecule has 15 aromatic rings. The van der Waals surface area contributed by atoms with Gasteiger partial charge in [0.15, 0.2) is 0 Å². The van der Waals surface area contributed by atoms with E-state index in [0.29, 0.717) is 109 Å². The van der Waals surface area contributed by atoms with Crippen molar-refractivity contribution >= 4 is 111 Å². The van der Waals surface area contributed by atoms with Crippen LogP contribution in [0.4, 0.5) is 110 Å². The van der Waals surface area contributed by atoms with Crippen molar-refractivity contribution in [1.82, 2.24) is 99.6 Å². The fraction of sp³-hybridized carbons (Fsp3) is 0.284. The van der Waals surface area contributed by atoms with Gasteiger partial charge in [0.1, 0.15) is 43.3 Å². The highest BCUT2D eigenvalue weighted by molar-refractivity contribution is 5.89. The molecule has 0 saturated carbocycles. The standard InChI is InChI=1S/2C26H28N8O2.C25H28N10O.C25H27N9O2/c2*35-17-23(36)21-6-8-22(9-7-21)31-24-29-18-30-26(32-24)34-12-10-33(11-13-34)25-27-15-20(16-28-25)14-19-4-2-1-3-5-19;36-13-8-26-22-7-6-21(17-27-22)32-23-30-18-31-25(33-23)35-11-9-34(10-12-35)24-28-15-20(16-29-24)14-19-4-2-1-3-5-19;26-17-19-1-3-21(4-2-19)30-25(35)34-11-9-33(10-12-34)24-28-18-27-23(31-24)29-20-5-7-22(8-6-20)32-13-15-36-16-14-32/h2*1-9,15-16,18,23,35-36H,10-14,17H2,(H,29,30,31,32);1-7,15-18,36H,8-14H2,(H,26,27)(H,30,31,32,33);1-8,18H,9-16H2,(H,30,35)(H,27,28,29,31)/t2*23-;;/m10../s1. The van der Waals surface area contributed by atoms with E-state index in [1.54, 1.807) is 59.6 Å². The van der Waals surface area contributed by atoms with Gasteiger partial charge >= 0.3 is 6.03 Å². The zero-order valence-electron chi connectivity index (χ0n) is 79.2. The first-order valence-corrected chi connectivity index (χ1v) is 47.5.